The highest BCUT2D eigenvalue weighted by atomic mass is 16.2. The van der Waals surface area contributed by atoms with Crippen molar-refractivity contribution in [3.05, 3.63) is 30.3 Å². The van der Waals surface area contributed by atoms with Gasteiger partial charge in [-0.2, -0.15) is 0 Å². The molecule has 0 spiro atoms. The fourth-order valence-electron chi connectivity index (χ4n) is 3.51. The normalized spacial score (nSPS) is 24.2. The first-order chi connectivity index (χ1) is 11.6. The van der Waals surface area contributed by atoms with E-state index >= 15 is 0 Å². The smallest absolute Gasteiger partial charge is 0.290 e. The van der Waals surface area contributed by atoms with Gasteiger partial charge in [0.2, 0.25) is 5.84 Å². The second-order valence-corrected chi connectivity index (χ2v) is 6.59. The summed E-state index contributed by atoms with van der Waals surface area (Å²) in [6.45, 7) is 2.18. The average Bonchev–Trinajstić information content (AvgIpc) is 2.62. The minimum absolute atomic E-state index is 0.0168. The van der Waals surface area contributed by atoms with Gasteiger partial charge in [0.05, 0.1) is 5.69 Å². The molecule has 1 aliphatic carbocycles. The van der Waals surface area contributed by atoms with Gasteiger partial charge in [0.1, 0.15) is 6.54 Å². The van der Waals surface area contributed by atoms with Crippen LogP contribution in [-0.4, -0.2) is 42.2 Å². The second kappa shape index (κ2) is 7.03. The summed E-state index contributed by atoms with van der Waals surface area (Å²) in [6, 6.07) is 9.48. The van der Waals surface area contributed by atoms with Gasteiger partial charge >= 0.3 is 0 Å². The van der Waals surface area contributed by atoms with E-state index in [0.29, 0.717) is 11.6 Å². The van der Waals surface area contributed by atoms with Crippen LogP contribution in [0.3, 0.4) is 0 Å². The summed E-state index contributed by atoms with van der Waals surface area (Å²) >= 11 is 0. The number of hydrazine groups is 1. The highest BCUT2D eigenvalue weighted by Gasteiger charge is 2.32. The van der Waals surface area contributed by atoms with E-state index in [1.54, 1.807) is 4.90 Å². The number of nitrogens with one attached hydrogen (secondary N) is 1. The molecule has 128 valence electrons. The number of nitrogens with zero attached hydrogens (tertiary/aromatic N) is 3. The topological polar surface area (TPSA) is 65.0 Å². The Morgan fingerprint density at radius 1 is 1.25 bits per heavy atom. The van der Waals surface area contributed by atoms with Crippen LogP contribution in [0, 0.1) is 5.92 Å². The van der Waals surface area contributed by atoms with Crippen molar-refractivity contribution in [2.75, 3.05) is 18.6 Å². The van der Waals surface area contributed by atoms with Gasteiger partial charge in [-0.1, -0.05) is 38.0 Å². The summed E-state index contributed by atoms with van der Waals surface area (Å²) in [4.78, 5) is 30.9. The van der Waals surface area contributed by atoms with Crippen molar-refractivity contribution in [3.63, 3.8) is 0 Å². The molecule has 0 saturated heterocycles. The molecule has 0 unspecified atom stereocenters. The Bertz CT molecular complexity index is 644. The summed E-state index contributed by atoms with van der Waals surface area (Å²) in [5, 5.41) is 1.40. The van der Waals surface area contributed by atoms with E-state index in [4.69, 9.17) is 0 Å². The molecular weight excluding hydrogens is 304 g/mol. The first kappa shape index (κ1) is 16.5. The summed E-state index contributed by atoms with van der Waals surface area (Å²) in [5.74, 6) is 0.399. The van der Waals surface area contributed by atoms with E-state index in [0.717, 1.165) is 19.3 Å². The number of amidine groups is 1. The van der Waals surface area contributed by atoms with Gasteiger partial charge in [0, 0.05) is 13.1 Å². The Labute approximate surface area is 142 Å². The van der Waals surface area contributed by atoms with E-state index < -0.39 is 0 Å². The molecule has 1 aromatic carbocycles. The zero-order chi connectivity index (χ0) is 17.1. The van der Waals surface area contributed by atoms with Crippen molar-refractivity contribution < 1.29 is 9.59 Å². The molecule has 1 aliphatic heterocycles. The number of anilines is 1. The van der Waals surface area contributed by atoms with Gasteiger partial charge in [-0.3, -0.25) is 20.0 Å². The number of hydrogen-bond acceptors (Lipinski definition) is 4. The minimum atomic E-state index is -0.175. The Morgan fingerprint density at radius 2 is 1.96 bits per heavy atom. The van der Waals surface area contributed by atoms with Crippen LogP contribution >= 0.6 is 0 Å². The highest BCUT2D eigenvalue weighted by molar-refractivity contribution is 6.39. The van der Waals surface area contributed by atoms with Crippen LogP contribution in [0.4, 0.5) is 5.69 Å². The van der Waals surface area contributed by atoms with Gasteiger partial charge in [0.25, 0.3) is 11.8 Å². The lowest BCUT2D eigenvalue weighted by Gasteiger charge is -2.37. The first-order valence-corrected chi connectivity index (χ1v) is 8.54. The zero-order valence-corrected chi connectivity index (χ0v) is 14.2. The van der Waals surface area contributed by atoms with Crippen molar-refractivity contribution in [1.29, 1.82) is 0 Å². The summed E-state index contributed by atoms with van der Waals surface area (Å²) in [7, 11) is 1.84. The monoisotopic (exact) mass is 328 g/mol. The lowest BCUT2D eigenvalue weighted by molar-refractivity contribution is -0.126. The van der Waals surface area contributed by atoms with E-state index in [-0.39, 0.29) is 30.2 Å². The predicted molar refractivity (Wildman–Crippen MR) is 93.6 cm³/mol. The molecule has 24 heavy (non-hydrogen) atoms. The third kappa shape index (κ3) is 3.27. The first-order valence-electron chi connectivity index (χ1n) is 8.54. The lowest BCUT2D eigenvalue weighted by Crippen LogP contribution is -2.57. The maximum atomic E-state index is 12.8. The molecule has 1 aromatic rings. The zero-order valence-electron chi connectivity index (χ0n) is 14.2. The molecule has 2 amide bonds. The molecule has 2 aliphatic rings. The van der Waals surface area contributed by atoms with Gasteiger partial charge in [-0.05, 0) is 30.9 Å². The maximum absolute atomic E-state index is 12.8. The van der Waals surface area contributed by atoms with Gasteiger partial charge < -0.3 is 4.90 Å². The van der Waals surface area contributed by atoms with Gasteiger partial charge in [0.15, 0.2) is 0 Å². The van der Waals surface area contributed by atoms with E-state index in [9.17, 15) is 9.59 Å². The van der Waals surface area contributed by atoms with Crippen LogP contribution in [0.5, 0.6) is 0 Å². The number of benzene rings is 1. The van der Waals surface area contributed by atoms with Gasteiger partial charge in [-0.15, -0.1) is 0 Å². The lowest BCUT2D eigenvalue weighted by atomic mass is 9.85. The molecule has 1 N–H and O–H groups in total. The molecule has 2 atom stereocenters. The Balaban J connectivity index is 1.74. The number of rotatable bonds is 3. The molecule has 0 radical (unpaired) electrons. The molecule has 1 saturated carbocycles. The SMILES string of the molecule is C[C@H]1CCCC[C@H]1N(C)C(=O)C1=NCC(=O)N(c2ccccc2)N1. The second-order valence-electron chi connectivity index (χ2n) is 6.59. The van der Waals surface area contributed by atoms with E-state index in [1.165, 1.54) is 11.4 Å². The Hall–Kier alpha value is -2.37. The fourth-order valence-corrected chi connectivity index (χ4v) is 3.51. The van der Waals surface area contributed by atoms with Crippen LogP contribution in [0.15, 0.2) is 35.3 Å². The number of likely N-dealkylation sites (N-methyl/N-ethyl adjacent to an activating group) is 1. The standard InChI is InChI=1S/C18H24N4O2/c1-13-8-6-7-11-15(13)21(2)18(24)17-19-12-16(23)22(20-17)14-9-4-3-5-10-14/h3-5,9-10,13,15H,6-8,11-12H2,1-2H3,(H,19,20)/t13-,15+/m0/s1. The average molecular weight is 328 g/mol. The van der Waals surface area contributed by atoms with Crippen molar-refractivity contribution >= 4 is 23.3 Å². The van der Waals surface area contributed by atoms with Crippen molar-refractivity contribution in [3.8, 4) is 0 Å². The molecule has 6 heteroatoms. The Morgan fingerprint density at radius 3 is 2.67 bits per heavy atom. The quantitative estimate of drug-likeness (QED) is 0.922. The predicted octanol–water partition coefficient (Wildman–Crippen LogP) is 1.97. The van der Waals surface area contributed by atoms with Crippen molar-refractivity contribution in [1.82, 2.24) is 10.3 Å². The van der Waals surface area contributed by atoms with Crippen LogP contribution in [0.25, 0.3) is 0 Å². The van der Waals surface area contributed by atoms with Gasteiger partial charge in [-0.25, -0.2) is 5.01 Å². The minimum Gasteiger partial charge on any atom is -0.336 e. The van der Waals surface area contributed by atoms with Crippen LogP contribution < -0.4 is 10.4 Å². The van der Waals surface area contributed by atoms with E-state index in [1.807, 2.05) is 37.4 Å². The molecule has 6 nitrogen and oxygen atoms in total. The van der Waals surface area contributed by atoms with Crippen LogP contribution in [-0.2, 0) is 9.59 Å². The van der Waals surface area contributed by atoms with Crippen molar-refractivity contribution in [2.45, 2.75) is 38.6 Å². The molecule has 3 rings (SSSR count). The third-order valence-electron chi connectivity index (χ3n) is 4.94. The number of carbonyl (C=O) groups excluding carboxylic acids is 2. The number of para-hydroxylation sites is 1. The number of hydrogen-bond donors (Lipinski definition) is 1. The summed E-state index contributed by atoms with van der Waals surface area (Å²) in [5.41, 5.74) is 3.60. The number of aliphatic imine (C=N–C) groups is 1. The maximum Gasteiger partial charge on any atom is 0.290 e. The molecule has 1 fully saturated rings. The van der Waals surface area contributed by atoms with Crippen LogP contribution in [0.1, 0.15) is 32.6 Å². The largest absolute Gasteiger partial charge is 0.336 e. The van der Waals surface area contributed by atoms with Crippen LogP contribution in [0.2, 0.25) is 0 Å². The molecule has 0 bridgehead atoms. The van der Waals surface area contributed by atoms with Crippen molar-refractivity contribution in [2.24, 2.45) is 10.9 Å². The summed E-state index contributed by atoms with van der Waals surface area (Å²) in [6.07, 6.45) is 4.56. The van der Waals surface area contributed by atoms with E-state index in [2.05, 4.69) is 17.3 Å². The third-order valence-corrected chi connectivity index (χ3v) is 4.94. The molecule has 0 aromatic heterocycles. The molecule has 1 heterocycles. The Kier molecular flexibility index (Phi) is 4.83. The fraction of sp³-hybridized carbons (Fsp3) is 0.500. The summed E-state index contributed by atoms with van der Waals surface area (Å²) < 4.78 is 0. The highest BCUT2D eigenvalue weighted by Crippen LogP contribution is 2.27. The molecular formula is C18H24N4O2. The number of carbonyl (C=O) groups is 2. The number of amides is 2.